The van der Waals surface area contributed by atoms with Crippen LogP contribution in [-0.2, 0) is 12.0 Å². The van der Waals surface area contributed by atoms with Gasteiger partial charge in [-0.15, -0.1) is 19.7 Å². The standard InChI is InChI=1S/C19H26N2/c1-4-13-19(20)17-10-8-7-9-16(17)11-12-18(19)21(14-5-2)15-6-3/h4-10,18H,1-3,11-15,20H2. The van der Waals surface area contributed by atoms with Gasteiger partial charge in [0.1, 0.15) is 0 Å². The number of hydrogen-bond acceptors (Lipinski definition) is 2. The average molecular weight is 282 g/mol. The van der Waals surface area contributed by atoms with Crippen LogP contribution in [-0.4, -0.2) is 24.0 Å². The van der Waals surface area contributed by atoms with Crippen LogP contribution in [0.3, 0.4) is 0 Å². The van der Waals surface area contributed by atoms with Crippen LogP contribution >= 0.6 is 0 Å². The van der Waals surface area contributed by atoms with Crippen molar-refractivity contribution in [2.45, 2.75) is 30.8 Å². The Hall–Kier alpha value is -1.64. The minimum absolute atomic E-state index is 0.279. The van der Waals surface area contributed by atoms with Crippen molar-refractivity contribution in [1.82, 2.24) is 4.90 Å². The highest BCUT2D eigenvalue weighted by Crippen LogP contribution is 2.39. The molecule has 1 aliphatic carbocycles. The van der Waals surface area contributed by atoms with E-state index in [-0.39, 0.29) is 11.6 Å². The molecule has 0 saturated carbocycles. The van der Waals surface area contributed by atoms with Crippen molar-refractivity contribution in [2.24, 2.45) is 5.73 Å². The highest BCUT2D eigenvalue weighted by Gasteiger charge is 2.42. The van der Waals surface area contributed by atoms with Gasteiger partial charge in [0.25, 0.3) is 0 Å². The first-order valence-electron chi connectivity index (χ1n) is 7.61. The van der Waals surface area contributed by atoms with Crippen LogP contribution in [0.25, 0.3) is 0 Å². The molecule has 0 radical (unpaired) electrons. The van der Waals surface area contributed by atoms with Crippen molar-refractivity contribution >= 4 is 0 Å². The van der Waals surface area contributed by atoms with Crippen molar-refractivity contribution < 1.29 is 0 Å². The second-order valence-corrected chi connectivity index (χ2v) is 5.78. The molecule has 1 aliphatic rings. The van der Waals surface area contributed by atoms with Gasteiger partial charge in [-0.05, 0) is 30.4 Å². The van der Waals surface area contributed by atoms with Crippen molar-refractivity contribution in [3.8, 4) is 0 Å². The lowest BCUT2D eigenvalue weighted by atomic mass is 9.71. The fourth-order valence-corrected chi connectivity index (χ4v) is 3.58. The molecule has 0 spiro atoms. The molecule has 0 bridgehead atoms. The predicted octanol–water partition coefficient (Wildman–Crippen LogP) is 3.41. The molecule has 2 heteroatoms. The molecule has 2 N–H and O–H groups in total. The zero-order valence-corrected chi connectivity index (χ0v) is 12.8. The third kappa shape index (κ3) is 3.02. The Labute approximate surface area is 128 Å². The van der Waals surface area contributed by atoms with E-state index in [1.165, 1.54) is 11.1 Å². The minimum atomic E-state index is -0.386. The summed E-state index contributed by atoms with van der Waals surface area (Å²) in [6.07, 6.45) is 8.73. The SMILES string of the molecule is C=CCN(CC=C)C1CCc2ccccc2C1(N)CC=C. The first-order valence-corrected chi connectivity index (χ1v) is 7.61. The Bertz CT molecular complexity index is 510. The van der Waals surface area contributed by atoms with Gasteiger partial charge in [0, 0.05) is 19.1 Å². The fourth-order valence-electron chi connectivity index (χ4n) is 3.58. The summed E-state index contributed by atoms with van der Waals surface area (Å²) in [7, 11) is 0. The molecule has 0 aliphatic heterocycles. The average Bonchev–Trinajstić information content (AvgIpc) is 2.48. The van der Waals surface area contributed by atoms with Crippen LogP contribution in [0.4, 0.5) is 0 Å². The molecular weight excluding hydrogens is 256 g/mol. The molecule has 0 heterocycles. The second kappa shape index (κ2) is 6.88. The molecule has 0 aromatic heterocycles. The summed E-state index contributed by atoms with van der Waals surface area (Å²) in [6, 6.07) is 8.82. The molecule has 0 saturated heterocycles. The maximum Gasteiger partial charge on any atom is 0.0605 e. The number of fused-ring (bicyclic) bond motifs is 1. The van der Waals surface area contributed by atoms with Gasteiger partial charge in [-0.25, -0.2) is 0 Å². The van der Waals surface area contributed by atoms with Crippen molar-refractivity contribution in [1.29, 1.82) is 0 Å². The van der Waals surface area contributed by atoms with Gasteiger partial charge in [-0.1, -0.05) is 42.5 Å². The zero-order chi connectivity index (χ0) is 15.3. The number of nitrogens with zero attached hydrogens (tertiary/aromatic N) is 1. The van der Waals surface area contributed by atoms with Crippen LogP contribution in [0.15, 0.2) is 62.2 Å². The Morgan fingerprint density at radius 3 is 2.43 bits per heavy atom. The zero-order valence-electron chi connectivity index (χ0n) is 12.8. The summed E-state index contributed by atoms with van der Waals surface area (Å²) in [5.41, 5.74) is 9.15. The van der Waals surface area contributed by atoms with Crippen LogP contribution in [0, 0.1) is 0 Å². The third-order valence-electron chi connectivity index (χ3n) is 4.45. The maximum absolute atomic E-state index is 6.91. The summed E-state index contributed by atoms with van der Waals surface area (Å²) < 4.78 is 0. The molecule has 112 valence electrons. The molecule has 2 atom stereocenters. The lowest BCUT2D eigenvalue weighted by Gasteiger charge is -2.47. The van der Waals surface area contributed by atoms with Gasteiger partial charge in [-0.3, -0.25) is 4.90 Å². The van der Waals surface area contributed by atoms with Crippen molar-refractivity contribution in [2.75, 3.05) is 13.1 Å². The molecule has 0 fully saturated rings. The van der Waals surface area contributed by atoms with Crippen LogP contribution in [0.2, 0.25) is 0 Å². The summed E-state index contributed by atoms with van der Waals surface area (Å²) in [5.74, 6) is 0. The van der Waals surface area contributed by atoms with E-state index >= 15 is 0 Å². The van der Waals surface area contributed by atoms with Crippen LogP contribution in [0.1, 0.15) is 24.0 Å². The molecule has 1 aromatic carbocycles. The van der Waals surface area contributed by atoms with E-state index in [1.54, 1.807) is 0 Å². The van der Waals surface area contributed by atoms with Crippen molar-refractivity contribution in [3.05, 3.63) is 73.4 Å². The summed E-state index contributed by atoms with van der Waals surface area (Å²) in [4.78, 5) is 2.37. The maximum atomic E-state index is 6.91. The molecule has 1 aromatic rings. The van der Waals surface area contributed by atoms with E-state index in [0.29, 0.717) is 0 Å². The van der Waals surface area contributed by atoms with E-state index in [4.69, 9.17) is 5.73 Å². The molecule has 2 nitrogen and oxygen atoms in total. The number of aryl methyl sites for hydroxylation is 1. The number of hydrogen-bond donors (Lipinski definition) is 1. The van der Waals surface area contributed by atoms with E-state index in [2.05, 4.69) is 48.9 Å². The topological polar surface area (TPSA) is 29.3 Å². The first-order chi connectivity index (χ1) is 10.2. The van der Waals surface area contributed by atoms with Gasteiger partial charge in [0.05, 0.1) is 5.54 Å². The van der Waals surface area contributed by atoms with Crippen molar-refractivity contribution in [3.63, 3.8) is 0 Å². The van der Waals surface area contributed by atoms with E-state index in [9.17, 15) is 0 Å². The van der Waals surface area contributed by atoms with Gasteiger partial charge in [0.2, 0.25) is 0 Å². The Balaban J connectivity index is 2.43. The third-order valence-corrected chi connectivity index (χ3v) is 4.45. The summed E-state index contributed by atoms with van der Waals surface area (Å²) >= 11 is 0. The fraction of sp³-hybridized carbons (Fsp3) is 0.368. The molecule has 0 amide bonds. The van der Waals surface area contributed by atoms with Gasteiger partial charge >= 0.3 is 0 Å². The van der Waals surface area contributed by atoms with Crippen LogP contribution in [0.5, 0.6) is 0 Å². The van der Waals surface area contributed by atoms with E-state index in [0.717, 1.165) is 32.4 Å². The smallest absolute Gasteiger partial charge is 0.0605 e. The highest BCUT2D eigenvalue weighted by molar-refractivity contribution is 5.38. The minimum Gasteiger partial charge on any atom is -0.320 e. The highest BCUT2D eigenvalue weighted by atomic mass is 15.2. The second-order valence-electron chi connectivity index (χ2n) is 5.78. The molecular formula is C19H26N2. The number of rotatable bonds is 7. The molecule has 2 rings (SSSR count). The summed E-state index contributed by atoms with van der Waals surface area (Å²) in [5, 5.41) is 0. The Kier molecular flexibility index (Phi) is 5.16. The Morgan fingerprint density at radius 2 is 1.81 bits per heavy atom. The van der Waals surface area contributed by atoms with Crippen LogP contribution < -0.4 is 5.73 Å². The molecule has 2 unspecified atom stereocenters. The lowest BCUT2D eigenvalue weighted by molar-refractivity contribution is 0.125. The number of nitrogens with two attached hydrogens (primary N) is 1. The lowest BCUT2D eigenvalue weighted by Crippen LogP contribution is -2.58. The van der Waals surface area contributed by atoms with Gasteiger partial charge in [0.15, 0.2) is 0 Å². The van der Waals surface area contributed by atoms with E-state index < -0.39 is 0 Å². The predicted molar refractivity (Wildman–Crippen MR) is 91.2 cm³/mol. The normalized spacial score (nSPS) is 24.4. The monoisotopic (exact) mass is 282 g/mol. The summed E-state index contributed by atoms with van der Waals surface area (Å²) in [6.45, 7) is 13.3. The van der Waals surface area contributed by atoms with Gasteiger partial charge < -0.3 is 5.73 Å². The Morgan fingerprint density at radius 1 is 1.14 bits per heavy atom. The van der Waals surface area contributed by atoms with E-state index in [1.807, 2.05) is 18.2 Å². The first kappa shape index (κ1) is 15.7. The quantitative estimate of drug-likeness (QED) is 0.777. The number of benzene rings is 1. The molecule has 21 heavy (non-hydrogen) atoms. The van der Waals surface area contributed by atoms with Gasteiger partial charge in [-0.2, -0.15) is 0 Å². The largest absolute Gasteiger partial charge is 0.320 e.